The molecule has 1 saturated heterocycles. The largest absolute Gasteiger partial charge is 0.481 e. The molecule has 1 atom stereocenters. The quantitative estimate of drug-likeness (QED) is 0.744. The van der Waals surface area contributed by atoms with Gasteiger partial charge in [-0.1, -0.05) is 13.8 Å². The predicted octanol–water partition coefficient (Wildman–Crippen LogP) is 1.56. The van der Waals surface area contributed by atoms with E-state index < -0.39 is 11.4 Å². The topological polar surface area (TPSA) is 78.9 Å². The van der Waals surface area contributed by atoms with Gasteiger partial charge >= 0.3 is 12.0 Å². The SMILES string of the molecule is CCC(CC)(CNC(=O)N1CCC(COC)C1)C(=O)O. The molecule has 0 radical (unpaired) electrons. The monoisotopic (exact) mass is 286 g/mol. The number of nitrogens with zero attached hydrogens (tertiary/aromatic N) is 1. The van der Waals surface area contributed by atoms with E-state index in [1.54, 1.807) is 12.0 Å². The van der Waals surface area contributed by atoms with Gasteiger partial charge in [-0.05, 0) is 19.3 Å². The van der Waals surface area contributed by atoms with E-state index in [4.69, 9.17) is 4.74 Å². The van der Waals surface area contributed by atoms with E-state index in [-0.39, 0.29) is 12.6 Å². The van der Waals surface area contributed by atoms with Crippen molar-refractivity contribution in [2.24, 2.45) is 11.3 Å². The molecule has 0 aromatic rings. The van der Waals surface area contributed by atoms with E-state index in [0.717, 1.165) is 6.42 Å². The number of methoxy groups -OCH3 is 1. The van der Waals surface area contributed by atoms with Gasteiger partial charge in [0.15, 0.2) is 0 Å². The molecule has 20 heavy (non-hydrogen) atoms. The molecule has 0 aliphatic carbocycles. The minimum Gasteiger partial charge on any atom is -0.481 e. The molecule has 1 fully saturated rings. The van der Waals surface area contributed by atoms with Crippen LogP contribution >= 0.6 is 0 Å². The zero-order chi connectivity index (χ0) is 15.2. The Balaban J connectivity index is 2.49. The fraction of sp³-hybridized carbons (Fsp3) is 0.857. The van der Waals surface area contributed by atoms with Crippen molar-refractivity contribution in [1.29, 1.82) is 0 Å². The van der Waals surface area contributed by atoms with Crippen LogP contribution < -0.4 is 5.32 Å². The van der Waals surface area contributed by atoms with Crippen molar-refractivity contribution in [3.05, 3.63) is 0 Å². The number of ether oxygens (including phenoxy) is 1. The van der Waals surface area contributed by atoms with Crippen molar-refractivity contribution in [2.75, 3.05) is 33.4 Å². The lowest BCUT2D eigenvalue weighted by Crippen LogP contribution is -2.46. The van der Waals surface area contributed by atoms with Crippen LogP contribution in [0.15, 0.2) is 0 Å². The number of hydrogen-bond acceptors (Lipinski definition) is 3. The summed E-state index contributed by atoms with van der Waals surface area (Å²) in [7, 11) is 1.66. The van der Waals surface area contributed by atoms with Crippen LogP contribution in [0.3, 0.4) is 0 Å². The minimum absolute atomic E-state index is 0.170. The maximum atomic E-state index is 12.1. The molecule has 6 nitrogen and oxygen atoms in total. The molecule has 0 bridgehead atoms. The Hall–Kier alpha value is -1.30. The first-order valence-electron chi connectivity index (χ1n) is 7.24. The van der Waals surface area contributed by atoms with Crippen molar-refractivity contribution in [3.63, 3.8) is 0 Å². The Morgan fingerprint density at radius 3 is 2.55 bits per heavy atom. The first kappa shape index (κ1) is 16.8. The number of carbonyl (C=O) groups excluding carboxylic acids is 1. The molecule has 1 aliphatic rings. The van der Waals surface area contributed by atoms with Gasteiger partial charge in [-0.2, -0.15) is 0 Å². The zero-order valence-corrected chi connectivity index (χ0v) is 12.6. The molecule has 1 unspecified atom stereocenters. The Morgan fingerprint density at radius 1 is 1.40 bits per heavy atom. The molecule has 0 spiro atoms. The second kappa shape index (κ2) is 7.47. The lowest BCUT2D eigenvalue weighted by molar-refractivity contribution is -0.149. The number of carbonyl (C=O) groups is 2. The van der Waals surface area contributed by atoms with Gasteiger partial charge in [-0.25, -0.2) is 4.79 Å². The second-order valence-corrected chi connectivity index (χ2v) is 5.51. The molecule has 2 amide bonds. The maximum Gasteiger partial charge on any atom is 0.317 e. The van der Waals surface area contributed by atoms with E-state index in [1.165, 1.54) is 0 Å². The van der Waals surface area contributed by atoms with Gasteiger partial charge in [-0.3, -0.25) is 4.79 Å². The van der Waals surface area contributed by atoms with E-state index >= 15 is 0 Å². The second-order valence-electron chi connectivity index (χ2n) is 5.51. The highest BCUT2D eigenvalue weighted by Gasteiger charge is 2.36. The molecule has 0 aromatic carbocycles. The van der Waals surface area contributed by atoms with Crippen LogP contribution in [0.5, 0.6) is 0 Å². The summed E-state index contributed by atoms with van der Waals surface area (Å²) < 4.78 is 5.10. The number of aliphatic carboxylic acids is 1. The lowest BCUT2D eigenvalue weighted by Gasteiger charge is -2.28. The van der Waals surface area contributed by atoms with Crippen molar-refractivity contribution in [2.45, 2.75) is 33.1 Å². The van der Waals surface area contributed by atoms with Gasteiger partial charge in [0.25, 0.3) is 0 Å². The molecule has 2 N–H and O–H groups in total. The standard InChI is InChI=1S/C14H26N2O4/c1-4-14(5-2,12(17)18)10-15-13(19)16-7-6-11(8-16)9-20-3/h11H,4-10H2,1-3H3,(H,15,19)(H,17,18). The first-order valence-corrected chi connectivity index (χ1v) is 7.24. The summed E-state index contributed by atoms with van der Waals surface area (Å²) in [6, 6.07) is -0.170. The first-order chi connectivity index (χ1) is 9.49. The van der Waals surface area contributed by atoms with E-state index in [0.29, 0.717) is 38.5 Å². The molecule has 1 heterocycles. The zero-order valence-electron chi connectivity index (χ0n) is 12.6. The summed E-state index contributed by atoms with van der Waals surface area (Å²) in [6.45, 7) is 5.91. The number of hydrogen-bond donors (Lipinski definition) is 2. The third kappa shape index (κ3) is 3.85. The Bertz CT molecular complexity index is 342. The molecule has 116 valence electrons. The number of likely N-dealkylation sites (tertiary alicyclic amines) is 1. The van der Waals surface area contributed by atoms with Crippen LogP contribution in [0.1, 0.15) is 33.1 Å². The number of nitrogens with one attached hydrogen (secondary N) is 1. The van der Waals surface area contributed by atoms with Crippen LogP contribution in [0, 0.1) is 11.3 Å². The molecule has 1 aliphatic heterocycles. The number of urea groups is 1. The number of amides is 2. The van der Waals surface area contributed by atoms with Crippen LogP contribution in [0.25, 0.3) is 0 Å². The Kier molecular flexibility index (Phi) is 6.26. The van der Waals surface area contributed by atoms with Gasteiger partial charge in [0.05, 0.1) is 12.0 Å². The van der Waals surface area contributed by atoms with Crippen molar-refractivity contribution in [3.8, 4) is 0 Å². The normalized spacial score (nSPS) is 19.1. The van der Waals surface area contributed by atoms with Crippen molar-refractivity contribution in [1.82, 2.24) is 10.2 Å². The van der Waals surface area contributed by atoms with Crippen molar-refractivity contribution < 1.29 is 19.4 Å². The highest BCUT2D eigenvalue weighted by molar-refractivity contribution is 5.78. The smallest absolute Gasteiger partial charge is 0.317 e. The summed E-state index contributed by atoms with van der Waals surface area (Å²) >= 11 is 0. The minimum atomic E-state index is -0.860. The van der Waals surface area contributed by atoms with E-state index in [9.17, 15) is 14.7 Å². The summed E-state index contributed by atoms with van der Waals surface area (Å²) in [6.07, 6.45) is 1.95. The average molecular weight is 286 g/mol. The fourth-order valence-corrected chi connectivity index (χ4v) is 2.62. The molecule has 6 heteroatoms. The van der Waals surface area contributed by atoms with Crippen LogP contribution in [0.4, 0.5) is 4.79 Å². The molecular weight excluding hydrogens is 260 g/mol. The van der Waals surface area contributed by atoms with Crippen LogP contribution in [0.2, 0.25) is 0 Å². The lowest BCUT2D eigenvalue weighted by atomic mass is 9.82. The van der Waals surface area contributed by atoms with Crippen LogP contribution in [-0.4, -0.2) is 55.4 Å². The summed E-state index contributed by atoms with van der Waals surface area (Å²) in [5, 5.41) is 12.1. The fourth-order valence-electron chi connectivity index (χ4n) is 2.62. The molecule has 1 rings (SSSR count). The maximum absolute atomic E-state index is 12.1. The average Bonchev–Trinajstić information content (AvgIpc) is 2.89. The number of carboxylic acid groups (broad SMARTS) is 1. The van der Waals surface area contributed by atoms with E-state index in [1.807, 2.05) is 13.8 Å². The molecule has 0 saturated carbocycles. The molecule has 0 aromatic heterocycles. The van der Waals surface area contributed by atoms with Crippen molar-refractivity contribution >= 4 is 12.0 Å². The number of carboxylic acids is 1. The van der Waals surface area contributed by atoms with Gasteiger partial charge < -0.3 is 20.1 Å². The van der Waals surface area contributed by atoms with Gasteiger partial charge in [0, 0.05) is 32.7 Å². The van der Waals surface area contributed by atoms with Gasteiger partial charge in [0.1, 0.15) is 0 Å². The Morgan fingerprint density at radius 2 is 2.05 bits per heavy atom. The highest BCUT2D eigenvalue weighted by atomic mass is 16.5. The third-order valence-electron chi connectivity index (χ3n) is 4.36. The summed E-state index contributed by atoms with van der Waals surface area (Å²) in [5.41, 5.74) is -0.860. The van der Waals surface area contributed by atoms with Crippen LogP contribution in [-0.2, 0) is 9.53 Å². The van der Waals surface area contributed by atoms with Gasteiger partial charge in [-0.15, -0.1) is 0 Å². The highest BCUT2D eigenvalue weighted by Crippen LogP contribution is 2.26. The van der Waals surface area contributed by atoms with E-state index in [2.05, 4.69) is 5.32 Å². The Labute approximate surface area is 120 Å². The summed E-state index contributed by atoms with van der Waals surface area (Å²) in [5.74, 6) is -0.464. The number of rotatable bonds is 7. The predicted molar refractivity (Wildman–Crippen MR) is 75.6 cm³/mol. The summed E-state index contributed by atoms with van der Waals surface area (Å²) in [4.78, 5) is 25.2. The molecular formula is C14H26N2O4. The van der Waals surface area contributed by atoms with Gasteiger partial charge in [0.2, 0.25) is 0 Å². The third-order valence-corrected chi connectivity index (χ3v) is 4.36.